The lowest BCUT2D eigenvalue weighted by Gasteiger charge is -2.29. The van der Waals surface area contributed by atoms with E-state index in [9.17, 15) is 0 Å². The predicted molar refractivity (Wildman–Crippen MR) is 618 cm³/mol. The Labute approximate surface area is 877 Å². The van der Waals surface area contributed by atoms with E-state index in [1.54, 1.807) is 27.8 Å². The second-order valence-corrected chi connectivity index (χ2v) is 44.6. The number of rotatable bonds is 45. The molecule has 0 aliphatic heterocycles. The first-order valence-corrected chi connectivity index (χ1v) is 57.9. The van der Waals surface area contributed by atoms with Crippen LogP contribution in [0.4, 0.5) is 23.5 Å². The number of unbranched alkanes of at least 4 members (excludes halogenated alkanes) is 25. The molecule has 5 aliphatic carbocycles. The quantitative estimate of drug-likeness (QED) is 0.0140. The van der Waals surface area contributed by atoms with Gasteiger partial charge in [-0.25, -0.2) is 0 Å². The molecule has 0 unspecified atom stereocenters. The van der Waals surface area contributed by atoms with Gasteiger partial charge in [-0.05, 0) is 396 Å². The summed E-state index contributed by atoms with van der Waals surface area (Å²) in [7, 11) is 0. The van der Waals surface area contributed by atoms with Crippen molar-refractivity contribution < 1.29 is 23.5 Å². The maximum absolute atomic E-state index is 4.41. The van der Waals surface area contributed by atoms with E-state index in [1.165, 1.54) is 409 Å². The molecule has 0 saturated heterocycles. The number of aryl methyl sites for hydroxylation is 5. The van der Waals surface area contributed by atoms with E-state index >= 15 is 0 Å². The minimum Gasteiger partial charge on any atom is -0.269 e. The Balaban J connectivity index is 0.000000266. The summed E-state index contributed by atoms with van der Waals surface area (Å²) in [5.74, 6) is 7.48. The average molecular weight is 2000 g/mol. The molecule has 15 rings (SSSR count). The number of halogens is 5. The first-order valence-electron chi connectivity index (χ1n) is 55.7. The maximum Gasteiger partial charge on any atom is 0.00401 e. The van der Waals surface area contributed by atoms with Crippen molar-refractivity contribution in [1.29, 1.82) is 0 Å². The molecule has 0 atom stereocenters. The van der Waals surface area contributed by atoms with E-state index in [-0.39, 0.29) is 23.5 Å². The average Bonchev–Trinajstić information content (AvgIpc) is 0.849. The van der Waals surface area contributed by atoms with Crippen molar-refractivity contribution in [3.63, 3.8) is 0 Å². The fraction of sp³-hybridized carbons (Fsp3) is 0.538. The van der Waals surface area contributed by atoms with Crippen LogP contribution in [0.25, 0.3) is 0 Å². The highest BCUT2D eigenvalue weighted by atomic mass is 32.1. The highest BCUT2D eigenvalue weighted by Crippen LogP contribution is 2.47. The van der Waals surface area contributed by atoms with E-state index in [0.717, 1.165) is 83.7 Å². The first kappa shape index (κ1) is 122. The van der Waals surface area contributed by atoms with Crippen LogP contribution < -0.4 is 0 Å². The van der Waals surface area contributed by atoms with Gasteiger partial charge in [0.15, 0.2) is 0 Å². The van der Waals surface area contributed by atoms with Crippen molar-refractivity contribution in [2.75, 3.05) is 0 Å². The number of benzene rings is 10. The van der Waals surface area contributed by atoms with E-state index < -0.39 is 0 Å². The van der Waals surface area contributed by atoms with E-state index in [1.807, 2.05) is 0 Å². The number of hydrogen-bond donors (Lipinski definition) is 5. The van der Waals surface area contributed by atoms with Gasteiger partial charge < -0.3 is 0 Å². The van der Waals surface area contributed by atoms with Crippen molar-refractivity contribution in [1.82, 2.24) is 0 Å². The van der Waals surface area contributed by atoms with Gasteiger partial charge in [-0.2, -0.15) is 0 Å². The second kappa shape index (κ2) is 72.0. The van der Waals surface area contributed by atoms with E-state index in [0.29, 0.717) is 0 Å². The van der Waals surface area contributed by atoms with Crippen molar-refractivity contribution in [2.45, 2.75) is 471 Å². The van der Waals surface area contributed by atoms with Gasteiger partial charge in [-0.1, -0.05) is 377 Å². The molecular formula is C130H185F5S5. The molecule has 0 N–H and O–H groups in total. The predicted octanol–water partition coefficient (Wildman–Crippen LogP) is 42.4. The molecule has 5 fully saturated rings. The molecule has 5 aliphatic rings. The van der Waals surface area contributed by atoms with Crippen LogP contribution in [0.5, 0.6) is 0 Å². The third-order valence-corrected chi connectivity index (χ3v) is 33.3. The summed E-state index contributed by atoms with van der Waals surface area (Å²) >= 11 is 22.0. The van der Waals surface area contributed by atoms with Crippen LogP contribution >= 0.6 is 63.1 Å². The second-order valence-electron chi connectivity index (χ2n) is 42.0. The van der Waals surface area contributed by atoms with Crippen molar-refractivity contribution in [3.8, 4) is 0 Å². The van der Waals surface area contributed by atoms with Crippen LogP contribution in [0.3, 0.4) is 0 Å². The normalized spacial score (nSPS) is 19.2. The number of thiol groups is 5. The summed E-state index contributed by atoms with van der Waals surface area (Å²) in [6.07, 6.45) is 74.1. The van der Waals surface area contributed by atoms with Crippen LogP contribution in [0.15, 0.2) is 267 Å². The summed E-state index contributed by atoms with van der Waals surface area (Å²) in [6, 6.07) is 92.0. The molecule has 10 heteroatoms. The zero-order chi connectivity index (χ0) is 94.5. The Bertz CT molecular complexity index is 3970. The lowest BCUT2D eigenvalue weighted by Crippen LogP contribution is -2.12. The van der Waals surface area contributed by atoms with Gasteiger partial charge in [-0.3, -0.25) is 23.5 Å². The standard InChI is InChI=1S/5C26H36S.5FH/c5*1-2-3-4-5-6-7-8-21-9-11-22(12-10-21)23-13-15-24(16-14-23)25-17-19-26(27)20-18-25;;;;;/h5*9-12,17-20,23-24,27H,2-8,13-16H2,1H3;5*1H. The minimum absolute atomic E-state index is 0. The van der Waals surface area contributed by atoms with Crippen molar-refractivity contribution in [3.05, 3.63) is 326 Å². The highest BCUT2D eigenvalue weighted by molar-refractivity contribution is 7.81. The molecule has 0 heterocycles. The fourth-order valence-corrected chi connectivity index (χ4v) is 23.6. The van der Waals surface area contributed by atoms with Crippen molar-refractivity contribution >= 4 is 63.1 Å². The summed E-state index contributed by atoms with van der Waals surface area (Å²) in [4.78, 5) is 5.32. The monoisotopic (exact) mass is 2000 g/mol. The Kier molecular flexibility index (Phi) is 62.9. The molecule has 770 valence electrons. The summed E-state index contributed by atoms with van der Waals surface area (Å²) < 4.78 is 0. The molecule has 0 radical (unpaired) electrons. The Morgan fingerprint density at radius 2 is 0.229 bits per heavy atom. The van der Waals surface area contributed by atoms with Crippen LogP contribution in [-0.2, 0) is 32.1 Å². The molecule has 0 nitrogen and oxygen atoms in total. The van der Waals surface area contributed by atoms with Gasteiger partial charge in [0.05, 0.1) is 0 Å². The molecule has 0 aromatic heterocycles. The minimum atomic E-state index is 0. The molecule has 0 amide bonds. The van der Waals surface area contributed by atoms with Crippen LogP contribution in [0.2, 0.25) is 0 Å². The highest BCUT2D eigenvalue weighted by Gasteiger charge is 2.29. The largest absolute Gasteiger partial charge is 0.269 e. The molecular weight excluding hydrogens is 1820 g/mol. The van der Waals surface area contributed by atoms with E-state index in [2.05, 4.69) is 340 Å². The molecule has 10 aromatic carbocycles. The molecule has 0 spiro atoms. The van der Waals surface area contributed by atoms with Crippen LogP contribution in [0, 0.1) is 0 Å². The first-order chi connectivity index (χ1) is 66.3. The summed E-state index contributed by atoms with van der Waals surface area (Å²) in [6.45, 7) is 11.4. The van der Waals surface area contributed by atoms with Crippen LogP contribution in [0.1, 0.15) is 498 Å². The Hall–Kier alpha value is -6.40. The lowest BCUT2D eigenvalue weighted by atomic mass is 9.76. The van der Waals surface area contributed by atoms with Gasteiger partial charge in [-0.15, -0.1) is 63.1 Å². The van der Waals surface area contributed by atoms with Gasteiger partial charge in [0.2, 0.25) is 0 Å². The topological polar surface area (TPSA) is 0 Å². The van der Waals surface area contributed by atoms with E-state index in [4.69, 9.17) is 0 Å². The molecule has 5 saturated carbocycles. The molecule has 140 heavy (non-hydrogen) atoms. The third kappa shape index (κ3) is 44.9. The molecule has 10 aromatic rings. The number of hydrogen-bond acceptors (Lipinski definition) is 5. The van der Waals surface area contributed by atoms with Gasteiger partial charge in [0.1, 0.15) is 0 Å². The summed E-state index contributed by atoms with van der Waals surface area (Å²) in [5, 5.41) is 0. The van der Waals surface area contributed by atoms with Gasteiger partial charge in [0.25, 0.3) is 0 Å². The third-order valence-electron chi connectivity index (χ3n) is 31.8. The smallest absolute Gasteiger partial charge is 0.00401 e. The Morgan fingerprint density at radius 3 is 0.336 bits per heavy atom. The van der Waals surface area contributed by atoms with Gasteiger partial charge in [0, 0.05) is 24.5 Å². The fourth-order valence-electron chi connectivity index (χ4n) is 22.9. The summed E-state index contributed by atoms with van der Waals surface area (Å²) in [5.41, 5.74) is 22.9. The lowest BCUT2D eigenvalue weighted by molar-refractivity contribution is 0.396. The maximum atomic E-state index is 4.41. The SMILES string of the molecule is CCCCCCCCc1ccc(C2CCC(c3ccc(S)cc3)CC2)cc1.CCCCCCCCc1ccc(C2CCC(c3ccc(S)cc3)CC2)cc1.CCCCCCCCc1ccc(C2CCC(c3ccc(S)cc3)CC2)cc1.CCCCCCCCc1ccc(C2CCC(c3ccc(S)cc3)CC2)cc1.CCCCCCCCc1ccc(C2CCC(c3ccc(S)cc3)CC2)cc1.F.F.F.F.F. The van der Waals surface area contributed by atoms with Crippen LogP contribution in [-0.4, -0.2) is 0 Å². The zero-order valence-electron chi connectivity index (χ0n) is 87.0. The van der Waals surface area contributed by atoms with Crippen molar-refractivity contribution in [2.24, 2.45) is 0 Å². The van der Waals surface area contributed by atoms with Gasteiger partial charge >= 0.3 is 0 Å². The zero-order valence-corrected chi connectivity index (χ0v) is 91.5. The Morgan fingerprint density at radius 1 is 0.136 bits per heavy atom. The molecule has 0 bridgehead atoms.